The molecule has 26 heavy (non-hydrogen) atoms. The molecule has 0 saturated carbocycles. The van der Waals surface area contributed by atoms with Crippen LogP contribution in [0.2, 0.25) is 0 Å². The van der Waals surface area contributed by atoms with Crippen molar-refractivity contribution in [2.45, 2.75) is 19.5 Å². The van der Waals surface area contributed by atoms with Gasteiger partial charge in [0.1, 0.15) is 5.82 Å². The Labute approximate surface area is 152 Å². The van der Waals surface area contributed by atoms with Crippen LogP contribution in [0.5, 0.6) is 0 Å². The van der Waals surface area contributed by atoms with Gasteiger partial charge in [-0.05, 0) is 35.2 Å². The first-order valence-corrected chi connectivity index (χ1v) is 8.69. The van der Waals surface area contributed by atoms with Gasteiger partial charge in [0.25, 0.3) is 0 Å². The zero-order valence-electron chi connectivity index (χ0n) is 14.8. The van der Waals surface area contributed by atoms with Crippen molar-refractivity contribution in [3.05, 3.63) is 71.0 Å². The first-order chi connectivity index (χ1) is 12.7. The van der Waals surface area contributed by atoms with Crippen molar-refractivity contribution in [3.8, 4) is 0 Å². The summed E-state index contributed by atoms with van der Waals surface area (Å²) in [6, 6.07) is 14.5. The number of hydrogen-bond acceptors (Lipinski definition) is 2. The van der Waals surface area contributed by atoms with E-state index >= 15 is 0 Å². The van der Waals surface area contributed by atoms with Crippen LogP contribution in [0.25, 0.3) is 0 Å². The summed E-state index contributed by atoms with van der Waals surface area (Å²) in [5, 5.41) is 6.17. The Kier molecular flexibility index (Phi) is 5.84. The van der Waals surface area contributed by atoms with Gasteiger partial charge in [-0.2, -0.15) is 0 Å². The fraction of sp³-hybridized carbons (Fsp3) is 0.300. The van der Waals surface area contributed by atoms with Gasteiger partial charge in [0.2, 0.25) is 5.91 Å². The topological polar surface area (TPSA) is 56.7 Å². The van der Waals surface area contributed by atoms with Crippen molar-refractivity contribution in [2.24, 2.45) is 4.99 Å². The zero-order chi connectivity index (χ0) is 18.4. The molecule has 0 radical (unpaired) electrons. The molecule has 0 fully saturated rings. The van der Waals surface area contributed by atoms with Crippen molar-refractivity contribution in [3.63, 3.8) is 0 Å². The molecule has 3 rings (SSSR count). The molecule has 5 nitrogen and oxygen atoms in total. The van der Waals surface area contributed by atoms with Crippen molar-refractivity contribution >= 4 is 11.9 Å². The third kappa shape index (κ3) is 4.59. The second kappa shape index (κ2) is 8.47. The van der Waals surface area contributed by atoms with Gasteiger partial charge in [-0.1, -0.05) is 36.4 Å². The van der Waals surface area contributed by atoms with Crippen LogP contribution in [-0.4, -0.2) is 36.9 Å². The smallest absolute Gasteiger partial charge is 0.242 e. The van der Waals surface area contributed by atoms with Crippen LogP contribution in [0.15, 0.2) is 53.5 Å². The molecular weight excluding hydrogens is 331 g/mol. The summed E-state index contributed by atoms with van der Waals surface area (Å²) in [6.07, 6.45) is 0.888. The van der Waals surface area contributed by atoms with E-state index in [4.69, 9.17) is 0 Å². The predicted molar refractivity (Wildman–Crippen MR) is 100 cm³/mol. The number of fused-ring (bicyclic) bond motifs is 1. The molecule has 6 heteroatoms. The first-order valence-electron chi connectivity index (χ1n) is 8.69. The van der Waals surface area contributed by atoms with Crippen molar-refractivity contribution in [1.29, 1.82) is 0 Å². The third-order valence-corrected chi connectivity index (χ3v) is 4.49. The van der Waals surface area contributed by atoms with Crippen LogP contribution < -0.4 is 10.6 Å². The summed E-state index contributed by atoms with van der Waals surface area (Å²) in [5.74, 6) is 0.328. The lowest BCUT2D eigenvalue weighted by atomic mass is 10.00. The van der Waals surface area contributed by atoms with Crippen LogP contribution in [0.3, 0.4) is 0 Å². The maximum Gasteiger partial charge on any atom is 0.242 e. The minimum atomic E-state index is -0.259. The molecule has 0 saturated heterocycles. The molecule has 2 N–H and O–H groups in total. The van der Waals surface area contributed by atoms with E-state index in [1.165, 1.54) is 23.3 Å². The number of carbonyl (C=O) groups excluding carboxylic acids is 1. The zero-order valence-corrected chi connectivity index (χ0v) is 14.8. The molecule has 1 aliphatic rings. The summed E-state index contributed by atoms with van der Waals surface area (Å²) < 4.78 is 12.9. The van der Waals surface area contributed by atoms with Gasteiger partial charge >= 0.3 is 0 Å². The average molecular weight is 354 g/mol. The van der Waals surface area contributed by atoms with Gasteiger partial charge in [0.15, 0.2) is 5.96 Å². The number of hydrogen-bond donors (Lipinski definition) is 2. The summed E-state index contributed by atoms with van der Waals surface area (Å²) in [5.41, 5.74) is 3.47. The Balaban J connectivity index is 1.48. The van der Waals surface area contributed by atoms with Crippen LogP contribution in [-0.2, 0) is 24.3 Å². The molecule has 0 aromatic heterocycles. The quantitative estimate of drug-likeness (QED) is 0.653. The van der Waals surface area contributed by atoms with Crippen LogP contribution in [0, 0.1) is 5.82 Å². The molecule has 1 heterocycles. The minimum Gasteiger partial charge on any atom is -0.352 e. The van der Waals surface area contributed by atoms with Gasteiger partial charge in [-0.25, -0.2) is 4.39 Å². The number of rotatable bonds is 4. The van der Waals surface area contributed by atoms with E-state index in [9.17, 15) is 9.18 Å². The third-order valence-electron chi connectivity index (χ3n) is 4.49. The van der Waals surface area contributed by atoms with Gasteiger partial charge in [-0.3, -0.25) is 9.79 Å². The number of nitrogens with one attached hydrogen (secondary N) is 2. The highest BCUT2D eigenvalue weighted by Crippen LogP contribution is 2.18. The van der Waals surface area contributed by atoms with E-state index in [-0.39, 0.29) is 18.3 Å². The summed E-state index contributed by atoms with van der Waals surface area (Å²) in [6.45, 7) is 2.08. The molecule has 0 unspecified atom stereocenters. The fourth-order valence-corrected chi connectivity index (χ4v) is 2.99. The highest BCUT2D eigenvalue weighted by atomic mass is 19.1. The molecule has 136 valence electrons. The molecule has 0 atom stereocenters. The Morgan fingerprint density at radius 3 is 2.58 bits per heavy atom. The predicted octanol–water partition coefficient (Wildman–Crippen LogP) is 2.08. The van der Waals surface area contributed by atoms with Crippen LogP contribution >= 0.6 is 0 Å². The highest BCUT2D eigenvalue weighted by molar-refractivity contribution is 5.86. The second-order valence-electron chi connectivity index (χ2n) is 6.24. The average Bonchev–Trinajstić information content (AvgIpc) is 2.68. The minimum absolute atomic E-state index is 0.0456. The number of halogens is 1. The lowest BCUT2D eigenvalue weighted by Gasteiger charge is -2.29. The second-order valence-corrected chi connectivity index (χ2v) is 6.24. The van der Waals surface area contributed by atoms with Gasteiger partial charge in [0, 0.05) is 26.7 Å². The molecule has 2 aromatic carbocycles. The van der Waals surface area contributed by atoms with Gasteiger partial charge in [-0.15, -0.1) is 0 Å². The molecular formula is C20H23FN4O. The molecule has 0 spiro atoms. The maximum atomic E-state index is 12.9. The normalized spacial score (nSPS) is 13.9. The Morgan fingerprint density at radius 1 is 1.12 bits per heavy atom. The number of guanidine groups is 1. The highest BCUT2D eigenvalue weighted by Gasteiger charge is 2.20. The van der Waals surface area contributed by atoms with E-state index in [1.807, 2.05) is 17.0 Å². The number of amides is 1. The van der Waals surface area contributed by atoms with Crippen LogP contribution in [0.1, 0.15) is 16.7 Å². The number of benzene rings is 2. The Bertz CT molecular complexity index is 789. The van der Waals surface area contributed by atoms with E-state index in [0.717, 1.165) is 18.5 Å². The summed E-state index contributed by atoms with van der Waals surface area (Å²) in [7, 11) is 1.65. The van der Waals surface area contributed by atoms with Crippen LogP contribution in [0.4, 0.5) is 4.39 Å². The first kappa shape index (κ1) is 17.9. The van der Waals surface area contributed by atoms with E-state index < -0.39 is 0 Å². The van der Waals surface area contributed by atoms with Crippen molar-refractivity contribution < 1.29 is 9.18 Å². The summed E-state index contributed by atoms with van der Waals surface area (Å²) in [4.78, 5) is 18.5. The lowest BCUT2D eigenvalue weighted by Crippen LogP contribution is -2.45. The molecule has 1 aliphatic heterocycles. The van der Waals surface area contributed by atoms with E-state index in [2.05, 4.69) is 27.8 Å². The Hall–Kier alpha value is -2.89. The Morgan fingerprint density at radius 2 is 1.85 bits per heavy atom. The van der Waals surface area contributed by atoms with Gasteiger partial charge in [0.05, 0.1) is 6.54 Å². The molecule has 0 bridgehead atoms. The number of aliphatic imine (C=N–C) groups is 1. The lowest BCUT2D eigenvalue weighted by molar-refractivity contribution is -0.130. The SMILES string of the molecule is CN=C(NCC(=O)N1CCc2ccccc2C1)NCc1ccc(F)cc1. The van der Waals surface area contributed by atoms with Crippen molar-refractivity contribution in [1.82, 2.24) is 15.5 Å². The number of carbonyl (C=O) groups is 1. The van der Waals surface area contributed by atoms with Crippen molar-refractivity contribution in [2.75, 3.05) is 20.1 Å². The maximum absolute atomic E-state index is 12.9. The summed E-state index contributed by atoms with van der Waals surface area (Å²) >= 11 is 0. The molecule has 0 aliphatic carbocycles. The molecule has 1 amide bonds. The number of nitrogens with zero attached hydrogens (tertiary/aromatic N) is 2. The fourth-order valence-electron chi connectivity index (χ4n) is 2.99. The van der Waals surface area contributed by atoms with Gasteiger partial charge < -0.3 is 15.5 Å². The van der Waals surface area contributed by atoms with E-state index in [1.54, 1.807) is 19.2 Å². The van der Waals surface area contributed by atoms with E-state index in [0.29, 0.717) is 19.0 Å². The standard InChI is InChI=1S/C20H23FN4O/c1-22-20(23-12-15-6-8-18(21)9-7-15)24-13-19(26)25-11-10-16-4-2-3-5-17(16)14-25/h2-9H,10-14H2,1H3,(H2,22,23,24). The monoisotopic (exact) mass is 354 g/mol. The molecule has 2 aromatic rings. The largest absolute Gasteiger partial charge is 0.352 e.